The molecule has 2 aromatic heterocycles. The quantitative estimate of drug-likeness (QED) is 0.674. The molecule has 3 heterocycles. The van der Waals surface area contributed by atoms with Gasteiger partial charge in [0.05, 0.1) is 25.0 Å². The number of rotatable bonds is 4. The Morgan fingerprint density at radius 1 is 1.30 bits per heavy atom. The molecule has 1 amide bonds. The van der Waals surface area contributed by atoms with Crippen LogP contribution in [0.1, 0.15) is 10.6 Å². The Hall–Kier alpha value is -2.94. The van der Waals surface area contributed by atoms with Crippen LogP contribution in [0.15, 0.2) is 34.9 Å². The average molecular weight is 318 g/mol. The number of nitro groups is 1. The molecular weight excluding hydrogens is 304 g/mol. The van der Waals surface area contributed by atoms with E-state index < -0.39 is 16.7 Å². The SMILES string of the molecule is O=C(Nc1cccnc1N1CCOCC1)c1ccc([N+](=O)[O-])o1. The van der Waals surface area contributed by atoms with Crippen LogP contribution in [0.5, 0.6) is 0 Å². The van der Waals surface area contributed by atoms with Gasteiger partial charge in [-0.2, -0.15) is 0 Å². The summed E-state index contributed by atoms with van der Waals surface area (Å²) in [5.74, 6) is -0.547. The van der Waals surface area contributed by atoms with Gasteiger partial charge >= 0.3 is 5.88 Å². The zero-order valence-electron chi connectivity index (χ0n) is 12.1. The second-order valence-electron chi connectivity index (χ2n) is 4.82. The number of pyridine rings is 1. The van der Waals surface area contributed by atoms with Crippen LogP contribution >= 0.6 is 0 Å². The number of hydrogen-bond acceptors (Lipinski definition) is 7. The van der Waals surface area contributed by atoms with Gasteiger partial charge in [0.25, 0.3) is 5.91 Å². The van der Waals surface area contributed by atoms with Gasteiger partial charge < -0.3 is 19.4 Å². The van der Waals surface area contributed by atoms with Gasteiger partial charge in [0.2, 0.25) is 0 Å². The van der Waals surface area contributed by atoms with Crippen LogP contribution in [0.4, 0.5) is 17.4 Å². The molecule has 120 valence electrons. The van der Waals surface area contributed by atoms with E-state index in [-0.39, 0.29) is 5.76 Å². The number of carbonyl (C=O) groups excluding carboxylic acids is 1. The molecule has 2 aromatic rings. The largest absolute Gasteiger partial charge is 0.433 e. The highest BCUT2D eigenvalue weighted by molar-refractivity contribution is 6.03. The van der Waals surface area contributed by atoms with Crippen molar-refractivity contribution in [3.05, 3.63) is 46.3 Å². The molecule has 1 aliphatic heterocycles. The first kappa shape index (κ1) is 15.0. The minimum Gasteiger partial charge on any atom is -0.395 e. The van der Waals surface area contributed by atoms with Crippen molar-refractivity contribution in [1.29, 1.82) is 0 Å². The molecule has 1 N–H and O–H groups in total. The fourth-order valence-electron chi connectivity index (χ4n) is 2.25. The fraction of sp³-hybridized carbons (Fsp3) is 0.286. The van der Waals surface area contributed by atoms with E-state index in [0.29, 0.717) is 37.8 Å². The summed E-state index contributed by atoms with van der Waals surface area (Å²) in [5, 5.41) is 13.3. The molecule has 9 heteroatoms. The van der Waals surface area contributed by atoms with Gasteiger partial charge in [-0.3, -0.25) is 14.9 Å². The third-order valence-electron chi connectivity index (χ3n) is 3.34. The van der Waals surface area contributed by atoms with Crippen molar-refractivity contribution in [2.75, 3.05) is 36.5 Å². The minimum absolute atomic E-state index is 0.131. The Kier molecular flexibility index (Phi) is 4.20. The highest BCUT2D eigenvalue weighted by atomic mass is 16.6. The molecule has 1 aliphatic rings. The van der Waals surface area contributed by atoms with Crippen LogP contribution in [-0.4, -0.2) is 42.1 Å². The predicted molar refractivity (Wildman–Crippen MR) is 80.6 cm³/mol. The topological polar surface area (TPSA) is 111 Å². The Labute approximate surface area is 131 Å². The Morgan fingerprint density at radius 2 is 2.09 bits per heavy atom. The van der Waals surface area contributed by atoms with E-state index in [2.05, 4.69) is 10.3 Å². The number of carbonyl (C=O) groups is 1. The molecule has 0 bridgehead atoms. The summed E-state index contributed by atoms with van der Waals surface area (Å²) in [5.41, 5.74) is 0.512. The van der Waals surface area contributed by atoms with Gasteiger partial charge in [-0.25, -0.2) is 4.98 Å². The lowest BCUT2D eigenvalue weighted by Gasteiger charge is -2.29. The van der Waals surface area contributed by atoms with Gasteiger partial charge in [-0.05, 0) is 18.2 Å². The van der Waals surface area contributed by atoms with Crippen molar-refractivity contribution < 1.29 is 18.9 Å². The molecule has 1 fully saturated rings. The number of amides is 1. The Balaban J connectivity index is 1.79. The third-order valence-corrected chi connectivity index (χ3v) is 3.34. The van der Waals surface area contributed by atoms with E-state index in [1.807, 2.05) is 4.90 Å². The second-order valence-corrected chi connectivity index (χ2v) is 4.82. The van der Waals surface area contributed by atoms with Gasteiger partial charge in [0.1, 0.15) is 4.92 Å². The van der Waals surface area contributed by atoms with Crippen LogP contribution in [-0.2, 0) is 4.74 Å². The number of nitrogens with one attached hydrogen (secondary N) is 1. The highest BCUT2D eigenvalue weighted by Gasteiger charge is 2.20. The van der Waals surface area contributed by atoms with E-state index in [9.17, 15) is 14.9 Å². The van der Waals surface area contributed by atoms with Crippen molar-refractivity contribution in [2.24, 2.45) is 0 Å². The standard InChI is InChI=1S/C14H14N4O5/c19-14(11-3-4-12(23-11)18(20)21)16-10-2-1-5-15-13(10)17-6-8-22-9-7-17/h1-5H,6-9H2,(H,16,19). The van der Waals surface area contributed by atoms with Crippen LogP contribution in [0.3, 0.4) is 0 Å². The molecule has 0 unspecified atom stereocenters. The maximum Gasteiger partial charge on any atom is 0.433 e. The number of hydrogen-bond donors (Lipinski definition) is 1. The van der Waals surface area contributed by atoms with E-state index in [0.717, 1.165) is 6.07 Å². The molecular formula is C14H14N4O5. The summed E-state index contributed by atoms with van der Waals surface area (Å²) in [6.07, 6.45) is 1.64. The molecule has 0 spiro atoms. The maximum atomic E-state index is 12.2. The first-order valence-electron chi connectivity index (χ1n) is 6.98. The van der Waals surface area contributed by atoms with Crippen molar-refractivity contribution >= 4 is 23.3 Å². The van der Waals surface area contributed by atoms with E-state index >= 15 is 0 Å². The van der Waals surface area contributed by atoms with E-state index in [1.54, 1.807) is 18.3 Å². The number of anilines is 2. The summed E-state index contributed by atoms with van der Waals surface area (Å²) in [6, 6.07) is 5.82. The third kappa shape index (κ3) is 3.29. The molecule has 0 atom stereocenters. The fourth-order valence-corrected chi connectivity index (χ4v) is 2.25. The molecule has 0 aromatic carbocycles. The first-order chi connectivity index (χ1) is 11.1. The average Bonchev–Trinajstić information content (AvgIpc) is 3.07. The summed E-state index contributed by atoms with van der Waals surface area (Å²) < 4.78 is 10.2. The minimum atomic E-state index is -0.694. The Morgan fingerprint density at radius 3 is 2.78 bits per heavy atom. The summed E-state index contributed by atoms with van der Waals surface area (Å²) in [7, 11) is 0. The smallest absolute Gasteiger partial charge is 0.395 e. The molecule has 0 saturated carbocycles. The molecule has 0 radical (unpaired) electrons. The molecule has 1 saturated heterocycles. The molecule has 23 heavy (non-hydrogen) atoms. The van der Waals surface area contributed by atoms with E-state index in [1.165, 1.54) is 6.07 Å². The van der Waals surface area contributed by atoms with Gasteiger partial charge in [0.15, 0.2) is 11.6 Å². The van der Waals surface area contributed by atoms with Crippen molar-refractivity contribution in [3.8, 4) is 0 Å². The van der Waals surface area contributed by atoms with Crippen molar-refractivity contribution in [3.63, 3.8) is 0 Å². The number of morpholine rings is 1. The van der Waals surface area contributed by atoms with Crippen LogP contribution in [0.2, 0.25) is 0 Å². The molecule has 0 aliphatic carbocycles. The lowest BCUT2D eigenvalue weighted by molar-refractivity contribution is -0.402. The maximum absolute atomic E-state index is 12.2. The summed E-state index contributed by atoms with van der Waals surface area (Å²) in [6.45, 7) is 2.53. The summed E-state index contributed by atoms with van der Waals surface area (Å²) in [4.78, 5) is 28.4. The van der Waals surface area contributed by atoms with Crippen LogP contribution in [0.25, 0.3) is 0 Å². The molecule has 3 rings (SSSR count). The Bertz CT molecular complexity index is 723. The summed E-state index contributed by atoms with van der Waals surface area (Å²) >= 11 is 0. The second kappa shape index (κ2) is 6.44. The van der Waals surface area contributed by atoms with Gasteiger partial charge in [-0.15, -0.1) is 0 Å². The van der Waals surface area contributed by atoms with Crippen LogP contribution < -0.4 is 10.2 Å². The lowest BCUT2D eigenvalue weighted by Crippen LogP contribution is -2.37. The van der Waals surface area contributed by atoms with E-state index in [4.69, 9.17) is 9.15 Å². The zero-order chi connectivity index (χ0) is 16.2. The monoisotopic (exact) mass is 318 g/mol. The highest BCUT2D eigenvalue weighted by Crippen LogP contribution is 2.25. The zero-order valence-corrected chi connectivity index (χ0v) is 12.1. The van der Waals surface area contributed by atoms with Crippen LogP contribution in [0, 0.1) is 10.1 Å². The lowest BCUT2D eigenvalue weighted by atomic mass is 10.3. The first-order valence-corrected chi connectivity index (χ1v) is 6.98. The number of nitrogens with zero attached hydrogens (tertiary/aromatic N) is 3. The predicted octanol–water partition coefficient (Wildman–Crippen LogP) is 1.67. The number of aromatic nitrogens is 1. The normalized spacial score (nSPS) is 14.5. The van der Waals surface area contributed by atoms with Crippen molar-refractivity contribution in [2.45, 2.75) is 0 Å². The van der Waals surface area contributed by atoms with Crippen molar-refractivity contribution in [1.82, 2.24) is 4.98 Å². The number of ether oxygens (including phenoxy) is 1. The number of furan rings is 1. The van der Waals surface area contributed by atoms with Gasteiger partial charge in [-0.1, -0.05) is 0 Å². The van der Waals surface area contributed by atoms with Gasteiger partial charge in [0, 0.05) is 19.3 Å². The molecule has 9 nitrogen and oxygen atoms in total.